The van der Waals surface area contributed by atoms with Crippen molar-refractivity contribution in [2.45, 2.75) is 0 Å². The molecule has 0 fully saturated rings. The molecule has 50 valence electrons. The summed E-state index contributed by atoms with van der Waals surface area (Å²) in [5.74, 6) is -5.15. The molecule has 0 unspecified atom stereocenters. The third kappa shape index (κ3) is 1.87. The lowest BCUT2D eigenvalue weighted by Gasteiger charge is -1.88. The van der Waals surface area contributed by atoms with Gasteiger partial charge in [0.05, 0.1) is 0 Å². The van der Waals surface area contributed by atoms with Gasteiger partial charge in [0.1, 0.15) is 0 Å². The van der Waals surface area contributed by atoms with Gasteiger partial charge in [0.25, 0.3) is 0 Å². The third-order valence-electron chi connectivity index (χ3n) is 0.502. The van der Waals surface area contributed by atoms with Crippen LogP contribution in [-0.4, -0.2) is 28.0 Å². The maximum atomic E-state index is 9.90. The van der Waals surface area contributed by atoms with Crippen molar-refractivity contribution < 1.29 is 24.7 Å². The van der Waals surface area contributed by atoms with Crippen molar-refractivity contribution in [3.8, 4) is 0 Å². The van der Waals surface area contributed by atoms with Gasteiger partial charge in [0.15, 0.2) is 0 Å². The second kappa shape index (κ2) is 2.78. The summed E-state index contributed by atoms with van der Waals surface area (Å²) in [6.07, 6.45) is 0. The van der Waals surface area contributed by atoms with Crippen LogP contribution in [0.5, 0.6) is 0 Å². The molecule has 6 nitrogen and oxygen atoms in total. The summed E-state index contributed by atoms with van der Waals surface area (Å²) in [7, 11) is 0. The van der Waals surface area contributed by atoms with E-state index in [0.29, 0.717) is 0 Å². The second-order valence-corrected chi connectivity index (χ2v) is 1.08. The first-order valence-corrected chi connectivity index (χ1v) is 1.81. The van der Waals surface area contributed by atoms with Crippen molar-refractivity contribution in [2.75, 3.05) is 0 Å². The van der Waals surface area contributed by atoms with E-state index in [4.69, 9.17) is 10.3 Å². The lowest BCUT2D eigenvalue weighted by atomic mass is 10.4. The van der Waals surface area contributed by atoms with E-state index in [-0.39, 0.29) is 0 Å². The van der Waals surface area contributed by atoms with E-state index in [2.05, 4.69) is 0 Å². The summed E-state index contributed by atoms with van der Waals surface area (Å²) in [6, 6.07) is 0. The molecule has 0 atom stereocenters. The lowest BCUT2D eigenvalue weighted by Crippen LogP contribution is -2.33. The number of carbonyl (C=O) groups is 3. The van der Waals surface area contributed by atoms with Crippen LogP contribution in [0.25, 0.3) is 0 Å². The minimum atomic E-state index is -1.90. The Labute approximate surface area is 49.0 Å². The molecule has 0 bridgehead atoms. The van der Waals surface area contributed by atoms with Gasteiger partial charge in [-0.15, -0.1) is 0 Å². The molecule has 3 N–H and O–H groups in total. The Hall–Kier alpha value is -1.43. The van der Waals surface area contributed by atoms with Gasteiger partial charge in [0.2, 0.25) is 0 Å². The Morgan fingerprint density at radius 2 is 1.67 bits per heavy atom. The number of aliphatic carboxylic acids is 1. The highest BCUT2D eigenvalue weighted by Gasteiger charge is 2.20. The minimum absolute atomic E-state index is 0.877. The molecule has 0 rings (SSSR count). The van der Waals surface area contributed by atoms with Crippen LogP contribution in [-0.2, 0) is 14.4 Å². The van der Waals surface area contributed by atoms with Crippen LogP contribution in [0.4, 0.5) is 0 Å². The normalized spacial score (nSPS) is 8.11. The van der Waals surface area contributed by atoms with Crippen LogP contribution in [0.2, 0.25) is 0 Å². The number of carbonyl (C=O) groups excluding carboxylic acids is 2. The number of hydrogen-bond acceptors (Lipinski definition) is 4. The Morgan fingerprint density at radius 3 is 1.78 bits per heavy atom. The number of carboxylic acid groups (broad SMARTS) is 1. The van der Waals surface area contributed by atoms with E-state index in [1.54, 1.807) is 0 Å². The summed E-state index contributed by atoms with van der Waals surface area (Å²) in [5.41, 5.74) is 0.877. The summed E-state index contributed by atoms with van der Waals surface area (Å²) < 4.78 is 0. The molecule has 0 spiro atoms. The zero-order chi connectivity index (χ0) is 7.44. The van der Waals surface area contributed by atoms with Crippen LogP contribution in [0.15, 0.2) is 0 Å². The molecule has 0 saturated heterocycles. The van der Waals surface area contributed by atoms with Crippen LogP contribution in [0.3, 0.4) is 0 Å². The van der Waals surface area contributed by atoms with Crippen molar-refractivity contribution in [1.29, 1.82) is 0 Å². The Morgan fingerprint density at radius 1 is 1.22 bits per heavy atom. The van der Waals surface area contributed by atoms with Crippen LogP contribution in [0.1, 0.15) is 0 Å². The number of ketones is 1. The molecular formula is C3H3NO5. The van der Waals surface area contributed by atoms with Gasteiger partial charge >= 0.3 is 17.7 Å². The summed E-state index contributed by atoms with van der Waals surface area (Å²) in [4.78, 5) is 29.3. The largest absolute Gasteiger partial charge is 0.475 e. The number of hydrogen-bond donors (Lipinski definition) is 3. The Bertz CT molecular complexity index is 162. The highest BCUT2D eigenvalue weighted by molar-refractivity contribution is 6.60. The smallest absolute Gasteiger partial charge is 0.382 e. The average Bonchev–Trinajstić information content (AvgIpc) is 1.84. The monoisotopic (exact) mass is 133 g/mol. The molecule has 0 aromatic carbocycles. The molecule has 0 aliphatic heterocycles. The van der Waals surface area contributed by atoms with Gasteiger partial charge in [-0.2, -0.15) is 0 Å². The fraction of sp³-hybridized carbons (Fsp3) is 0. The number of hydroxylamine groups is 1. The predicted molar refractivity (Wildman–Crippen MR) is 22.6 cm³/mol. The Kier molecular flexibility index (Phi) is 2.33. The van der Waals surface area contributed by atoms with E-state index < -0.39 is 17.7 Å². The van der Waals surface area contributed by atoms with Gasteiger partial charge < -0.3 is 5.11 Å². The highest BCUT2D eigenvalue weighted by Crippen LogP contribution is 1.69. The van der Waals surface area contributed by atoms with Crippen LogP contribution in [0, 0.1) is 0 Å². The van der Waals surface area contributed by atoms with E-state index in [9.17, 15) is 14.4 Å². The van der Waals surface area contributed by atoms with Gasteiger partial charge in [-0.1, -0.05) is 0 Å². The number of carboxylic acids is 1. The van der Waals surface area contributed by atoms with E-state index >= 15 is 0 Å². The highest BCUT2D eigenvalue weighted by atomic mass is 16.5. The SMILES string of the molecule is O=C(O)C(=O)C(=O)NO. The van der Waals surface area contributed by atoms with Crippen LogP contribution < -0.4 is 5.48 Å². The van der Waals surface area contributed by atoms with Crippen molar-refractivity contribution >= 4 is 17.7 Å². The fourth-order valence-electron chi connectivity index (χ4n) is 0.148. The molecule has 0 saturated carbocycles. The van der Waals surface area contributed by atoms with Crippen LogP contribution >= 0.6 is 0 Å². The first-order chi connectivity index (χ1) is 4.09. The van der Waals surface area contributed by atoms with Crippen molar-refractivity contribution in [3.05, 3.63) is 0 Å². The van der Waals surface area contributed by atoms with Gasteiger partial charge in [-0.3, -0.25) is 14.8 Å². The maximum absolute atomic E-state index is 9.90. The van der Waals surface area contributed by atoms with Gasteiger partial charge in [0, 0.05) is 0 Å². The Balaban J connectivity index is 4.05. The third-order valence-corrected chi connectivity index (χ3v) is 0.502. The quantitative estimate of drug-likeness (QED) is 0.177. The summed E-state index contributed by atoms with van der Waals surface area (Å²) in [6.45, 7) is 0. The molecule has 0 aromatic rings. The molecule has 6 heteroatoms. The molecule has 0 aromatic heterocycles. The van der Waals surface area contributed by atoms with Gasteiger partial charge in [-0.25, -0.2) is 10.3 Å². The zero-order valence-electron chi connectivity index (χ0n) is 4.12. The first-order valence-electron chi connectivity index (χ1n) is 1.81. The number of Topliss-reactive ketones (excluding diaryl/α,β-unsaturated/α-hetero) is 1. The maximum Gasteiger partial charge on any atom is 0.382 e. The molecule has 0 aliphatic carbocycles. The van der Waals surface area contributed by atoms with Crippen molar-refractivity contribution in [2.24, 2.45) is 0 Å². The molecule has 9 heavy (non-hydrogen) atoms. The van der Waals surface area contributed by atoms with Crippen molar-refractivity contribution in [3.63, 3.8) is 0 Å². The summed E-state index contributed by atoms with van der Waals surface area (Å²) >= 11 is 0. The van der Waals surface area contributed by atoms with E-state index in [1.807, 2.05) is 0 Å². The predicted octanol–water partition coefficient (Wildman–Crippen LogP) is -1.85. The number of amides is 1. The number of rotatable bonds is 2. The fourth-order valence-corrected chi connectivity index (χ4v) is 0.148. The second-order valence-electron chi connectivity index (χ2n) is 1.08. The topological polar surface area (TPSA) is 104 Å². The molecular weight excluding hydrogens is 130 g/mol. The standard InChI is InChI=1S/C3H3NO5/c5-1(3(7)8)2(6)4-9/h9H,(H,4,6)(H,7,8). The molecule has 1 amide bonds. The molecule has 0 heterocycles. The molecule has 0 radical (unpaired) electrons. The van der Waals surface area contributed by atoms with E-state index in [0.717, 1.165) is 5.48 Å². The minimum Gasteiger partial charge on any atom is -0.475 e. The zero-order valence-corrected chi connectivity index (χ0v) is 4.12. The van der Waals surface area contributed by atoms with Gasteiger partial charge in [-0.05, 0) is 0 Å². The first kappa shape index (κ1) is 7.57. The average molecular weight is 133 g/mol. The van der Waals surface area contributed by atoms with E-state index in [1.165, 1.54) is 0 Å². The lowest BCUT2D eigenvalue weighted by molar-refractivity contribution is -0.155. The number of nitrogens with one attached hydrogen (secondary N) is 1. The summed E-state index contributed by atoms with van der Waals surface area (Å²) in [5, 5.41) is 15.4. The molecule has 0 aliphatic rings. The van der Waals surface area contributed by atoms with Crippen molar-refractivity contribution in [1.82, 2.24) is 5.48 Å².